The summed E-state index contributed by atoms with van der Waals surface area (Å²) in [6.07, 6.45) is 0.872. The Labute approximate surface area is 97.8 Å². The van der Waals surface area contributed by atoms with E-state index in [4.69, 9.17) is 4.74 Å². The van der Waals surface area contributed by atoms with Crippen LogP contribution in [0.2, 0.25) is 0 Å². The van der Waals surface area contributed by atoms with Gasteiger partial charge in [0.1, 0.15) is 5.82 Å². The first-order valence-corrected chi connectivity index (χ1v) is 5.40. The molecule has 0 aliphatic heterocycles. The van der Waals surface area contributed by atoms with Crippen molar-refractivity contribution in [3.05, 3.63) is 22.6 Å². The summed E-state index contributed by atoms with van der Waals surface area (Å²) in [5.74, 6) is 0.643. The van der Waals surface area contributed by atoms with Gasteiger partial charge in [-0.1, -0.05) is 0 Å². The van der Waals surface area contributed by atoms with E-state index in [0.717, 1.165) is 6.42 Å². The first-order chi connectivity index (χ1) is 8.20. The van der Waals surface area contributed by atoms with Crippen LogP contribution in [-0.4, -0.2) is 39.6 Å². The van der Waals surface area contributed by atoms with Crippen molar-refractivity contribution >= 4 is 11.5 Å². The third-order valence-corrected chi connectivity index (χ3v) is 2.42. The Bertz CT molecular complexity index is 547. The molecular weight excluding hydrogens is 222 g/mol. The first kappa shape index (κ1) is 11.6. The molecule has 92 valence electrons. The number of nitrogens with zero attached hydrogens (tertiary/aromatic N) is 3. The maximum Gasteiger partial charge on any atom is 0.364 e. The molecule has 0 radical (unpaired) electrons. The number of anilines is 1. The lowest BCUT2D eigenvalue weighted by molar-refractivity contribution is 0.191. The van der Waals surface area contributed by atoms with E-state index in [1.54, 1.807) is 19.2 Å². The van der Waals surface area contributed by atoms with Crippen LogP contribution >= 0.6 is 0 Å². The Kier molecular flexibility index (Phi) is 3.38. The Morgan fingerprint density at radius 3 is 3.18 bits per heavy atom. The highest BCUT2D eigenvalue weighted by Crippen LogP contribution is 2.06. The van der Waals surface area contributed by atoms with Gasteiger partial charge in [-0.15, -0.1) is 5.10 Å². The van der Waals surface area contributed by atoms with E-state index >= 15 is 0 Å². The summed E-state index contributed by atoms with van der Waals surface area (Å²) in [6.45, 7) is 2.71. The summed E-state index contributed by atoms with van der Waals surface area (Å²) in [5.41, 5.74) is 0.165. The number of nitrogens with one attached hydrogen (secondary N) is 2. The van der Waals surface area contributed by atoms with Crippen LogP contribution in [0.5, 0.6) is 0 Å². The monoisotopic (exact) mass is 237 g/mol. The molecule has 0 aromatic carbocycles. The molecule has 0 amide bonds. The van der Waals surface area contributed by atoms with Crippen LogP contribution in [-0.2, 0) is 4.74 Å². The van der Waals surface area contributed by atoms with E-state index in [1.165, 1.54) is 4.52 Å². The minimum absolute atomic E-state index is 0.225. The molecule has 2 N–H and O–H groups in total. The molecule has 1 unspecified atom stereocenters. The predicted octanol–water partition coefficient (Wildman–Crippen LogP) is 0.254. The van der Waals surface area contributed by atoms with Gasteiger partial charge in [-0.05, 0) is 25.5 Å². The van der Waals surface area contributed by atoms with Crippen molar-refractivity contribution in [2.24, 2.45) is 0 Å². The highest BCUT2D eigenvalue weighted by atomic mass is 16.5. The fourth-order valence-electron chi connectivity index (χ4n) is 1.50. The minimum Gasteiger partial charge on any atom is -0.385 e. The Morgan fingerprint density at radius 2 is 2.41 bits per heavy atom. The number of hydrogen-bond donors (Lipinski definition) is 2. The highest BCUT2D eigenvalue weighted by molar-refractivity contribution is 5.43. The summed E-state index contributed by atoms with van der Waals surface area (Å²) in [7, 11) is 1.67. The molecule has 17 heavy (non-hydrogen) atoms. The van der Waals surface area contributed by atoms with Crippen molar-refractivity contribution < 1.29 is 4.74 Å². The molecule has 0 saturated carbocycles. The zero-order valence-electron chi connectivity index (χ0n) is 9.80. The Balaban J connectivity index is 2.13. The molecule has 2 rings (SSSR count). The van der Waals surface area contributed by atoms with Crippen molar-refractivity contribution in [3.63, 3.8) is 0 Å². The van der Waals surface area contributed by atoms with Gasteiger partial charge in [0.05, 0.1) is 0 Å². The molecule has 2 heterocycles. The summed E-state index contributed by atoms with van der Waals surface area (Å²) in [4.78, 5) is 11.3. The number of fused-ring (bicyclic) bond motifs is 1. The van der Waals surface area contributed by atoms with Crippen molar-refractivity contribution in [2.75, 3.05) is 19.0 Å². The molecule has 2 aromatic heterocycles. The normalized spacial score (nSPS) is 12.8. The maximum atomic E-state index is 11.3. The fourth-order valence-corrected chi connectivity index (χ4v) is 1.50. The number of H-pyrrole nitrogens is 1. The molecule has 0 aliphatic rings. The van der Waals surface area contributed by atoms with E-state index in [2.05, 4.69) is 20.6 Å². The second-order valence-corrected chi connectivity index (χ2v) is 3.84. The number of methoxy groups -OCH3 is 1. The number of hydrogen-bond acceptors (Lipinski definition) is 5. The van der Waals surface area contributed by atoms with Crippen molar-refractivity contribution in [1.82, 2.24) is 19.8 Å². The van der Waals surface area contributed by atoms with E-state index in [0.29, 0.717) is 18.1 Å². The molecule has 0 saturated heterocycles. The van der Waals surface area contributed by atoms with Crippen molar-refractivity contribution in [2.45, 2.75) is 19.4 Å². The standard InChI is InChI=1S/C10H15N5O2/c1-7(5-6-17-2)11-8-3-4-9-12-13-10(16)15(9)14-8/h3-4,7H,5-6H2,1-2H3,(H,11,14)(H,13,16). The number of aromatic nitrogens is 4. The van der Waals surface area contributed by atoms with Gasteiger partial charge < -0.3 is 10.1 Å². The van der Waals surface area contributed by atoms with Crippen LogP contribution in [0.25, 0.3) is 5.65 Å². The summed E-state index contributed by atoms with van der Waals surface area (Å²) < 4.78 is 6.22. The number of aromatic amines is 1. The van der Waals surface area contributed by atoms with Crippen molar-refractivity contribution in [3.8, 4) is 0 Å². The number of rotatable bonds is 5. The SMILES string of the molecule is COCCC(C)Nc1ccc2n[nH]c(=O)n2n1. The second-order valence-electron chi connectivity index (χ2n) is 3.84. The van der Waals surface area contributed by atoms with E-state index in [1.807, 2.05) is 6.92 Å². The maximum absolute atomic E-state index is 11.3. The summed E-state index contributed by atoms with van der Waals surface area (Å²) in [5, 5.41) is 13.5. The van der Waals surface area contributed by atoms with Gasteiger partial charge in [0.2, 0.25) is 0 Å². The van der Waals surface area contributed by atoms with E-state index in [9.17, 15) is 4.79 Å². The Hall–Kier alpha value is -1.89. The van der Waals surface area contributed by atoms with Gasteiger partial charge in [0.25, 0.3) is 0 Å². The molecule has 0 spiro atoms. The quantitative estimate of drug-likeness (QED) is 0.779. The molecular formula is C10H15N5O2. The van der Waals surface area contributed by atoms with Crippen LogP contribution < -0.4 is 11.0 Å². The predicted molar refractivity (Wildman–Crippen MR) is 63.2 cm³/mol. The van der Waals surface area contributed by atoms with Gasteiger partial charge in [-0.25, -0.2) is 9.89 Å². The molecule has 0 aliphatic carbocycles. The molecule has 7 heteroatoms. The van der Waals surface area contributed by atoms with Crippen molar-refractivity contribution in [1.29, 1.82) is 0 Å². The minimum atomic E-state index is -0.340. The van der Waals surface area contributed by atoms with Crippen LogP contribution in [0.3, 0.4) is 0 Å². The molecule has 0 fully saturated rings. The summed E-state index contributed by atoms with van der Waals surface area (Å²) >= 11 is 0. The summed E-state index contributed by atoms with van der Waals surface area (Å²) in [6, 6.07) is 3.75. The highest BCUT2D eigenvalue weighted by Gasteiger charge is 2.05. The van der Waals surface area contributed by atoms with Gasteiger partial charge in [0, 0.05) is 19.8 Å². The molecule has 0 bridgehead atoms. The Morgan fingerprint density at radius 1 is 1.59 bits per heavy atom. The van der Waals surface area contributed by atoms with Gasteiger partial charge in [-0.3, -0.25) is 0 Å². The van der Waals surface area contributed by atoms with Gasteiger partial charge >= 0.3 is 5.69 Å². The van der Waals surface area contributed by atoms with E-state index in [-0.39, 0.29) is 11.7 Å². The van der Waals surface area contributed by atoms with E-state index < -0.39 is 0 Å². The lowest BCUT2D eigenvalue weighted by Gasteiger charge is -2.13. The van der Waals surface area contributed by atoms with Crippen LogP contribution in [0.4, 0.5) is 5.82 Å². The van der Waals surface area contributed by atoms with Crippen LogP contribution in [0.1, 0.15) is 13.3 Å². The van der Waals surface area contributed by atoms with Gasteiger partial charge in [0.15, 0.2) is 5.65 Å². The molecule has 1 atom stereocenters. The second kappa shape index (κ2) is 4.96. The molecule has 2 aromatic rings. The zero-order valence-corrected chi connectivity index (χ0v) is 9.80. The lowest BCUT2D eigenvalue weighted by atomic mass is 10.2. The third-order valence-electron chi connectivity index (χ3n) is 2.42. The zero-order chi connectivity index (χ0) is 12.3. The largest absolute Gasteiger partial charge is 0.385 e. The molecule has 7 nitrogen and oxygen atoms in total. The van der Waals surface area contributed by atoms with Gasteiger partial charge in [-0.2, -0.15) is 9.61 Å². The topological polar surface area (TPSA) is 84.3 Å². The average Bonchev–Trinajstić information content (AvgIpc) is 2.68. The average molecular weight is 237 g/mol. The smallest absolute Gasteiger partial charge is 0.364 e. The first-order valence-electron chi connectivity index (χ1n) is 5.40. The van der Waals surface area contributed by atoms with Crippen LogP contribution in [0, 0.1) is 0 Å². The van der Waals surface area contributed by atoms with Crippen LogP contribution in [0.15, 0.2) is 16.9 Å². The fraction of sp³-hybridized carbons (Fsp3) is 0.500. The number of ether oxygens (including phenoxy) is 1. The lowest BCUT2D eigenvalue weighted by Crippen LogP contribution is -2.20. The third kappa shape index (κ3) is 2.62.